The average Bonchev–Trinajstić information content (AvgIpc) is 3.55. The maximum atomic E-state index is 15.6. The summed E-state index contributed by atoms with van der Waals surface area (Å²) in [5.74, 6) is -1.44. The lowest BCUT2D eigenvalue weighted by molar-refractivity contribution is -0.129. The summed E-state index contributed by atoms with van der Waals surface area (Å²) in [6.45, 7) is 8.84. The minimum atomic E-state index is -1.31. The highest BCUT2D eigenvalue weighted by Gasteiger charge is 2.71. The first kappa shape index (κ1) is 35.2. The van der Waals surface area contributed by atoms with Crippen LogP contribution in [0.4, 0.5) is 13.6 Å². The highest BCUT2D eigenvalue weighted by Crippen LogP contribution is 2.67. The SMILES string of the molecule is CN(C)C(=O)[C@]12C[C@H]1[C@@](C)(c1cc(/C=C(\F)c3cnc(OCc4ncco4)cn3)ccc1F)N=C(OC(=O)NCOCC[Si](C)(C)C)S2. The lowest BCUT2D eigenvalue weighted by Crippen LogP contribution is -2.43. The maximum absolute atomic E-state index is 15.6. The van der Waals surface area contributed by atoms with Crippen LogP contribution < -0.4 is 10.1 Å². The van der Waals surface area contributed by atoms with Crippen molar-refractivity contribution in [3.63, 3.8) is 0 Å². The molecule has 0 bridgehead atoms. The van der Waals surface area contributed by atoms with E-state index < -0.39 is 42.0 Å². The van der Waals surface area contributed by atoms with Crippen LogP contribution in [-0.4, -0.2) is 77.3 Å². The van der Waals surface area contributed by atoms with Crippen molar-refractivity contribution in [2.24, 2.45) is 10.9 Å². The molecule has 3 atom stereocenters. The third-order valence-corrected chi connectivity index (χ3v) is 11.0. The molecule has 1 aliphatic carbocycles. The highest BCUT2D eigenvalue weighted by molar-refractivity contribution is 8.15. The van der Waals surface area contributed by atoms with Crippen molar-refractivity contribution in [2.75, 3.05) is 27.4 Å². The number of oxazole rings is 1. The molecule has 12 nitrogen and oxygen atoms in total. The van der Waals surface area contributed by atoms with E-state index in [4.69, 9.17) is 18.6 Å². The van der Waals surface area contributed by atoms with E-state index in [0.29, 0.717) is 24.5 Å². The smallest absolute Gasteiger partial charge is 0.416 e. The second kappa shape index (κ2) is 14.1. The van der Waals surface area contributed by atoms with E-state index in [2.05, 4.69) is 44.9 Å². The number of benzene rings is 1. The fourth-order valence-corrected chi connectivity index (χ4v) is 7.61. The van der Waals surface area contributed by atoms with Crippen LogP contribution in [-0.2, 0) is 26.4 Å². The van der Waals surface area contributed by atoms with Crippen molar-refractivity contribution in [1.82, 2.24) is 25.2 Å². The number of nitrogens with one attached hydrogen (secondary N) is 1. The van der Waals surface area contributed by atoms with Gasteiger partial charge in [-0.15, -0.1) is 0 Å². The summed E-state index contributed by atoms with van der Waals surface area (Å²) >= 11 is 1.05. The van der Waals surface area contributed by atoms with Gasteiger partial charge in [0.25, 0.3) is 5.23 Å². The molecule has 1 N–H and O–H groups in total. The molecule has 2 amide bonds. The van der Waals surface area contributed by atoms with Gasteiger partial charge < -0.3 is 23.5 Å². The van der Waals surface area contributed by atoms with Crippen LogP contribution in [0.1, 0.15) is 36.1 Å². The summed E-state index contributed by atoms with van der Waals surface area (Å²) in [4.78, 5) is 44.3. The molecule has 0 spiro atoms. The monoisotopic (exact) mass is 700 g/mol. The molecule has 1 aromatic carbocycles. The predicted molar refractivity (Wildman–Crippen MR) is 179 cm³/mol. The Morgan fingerprint density at radius 2 is 2.00 bits per heavy atom. The molecule has 2 aliphatic rings. The summed E-state index contributed by atoms with van der Waals surface area (Å²) in [5, 5.41) is 2.47. The number of aromatic nitrogens is 3. The molecule has 48 heavy (non-hydrogen) atoms. The van der Waals surface area contributed by atoms with Crippen molar-refractivity contribution in [3.8, 4) is 5.88 Å². The van der Waals surface area contributed by atoms with Crippen molar-refractivity contribution in [2.45, 2.75) is 55.9 Å². The van der Waals surface area contributed by atoms with Gasteiger partial charge in [0.1, 0.15) is 29.3 Å². The summed E-state index contributed by atoms with van der Waals surface area (Å²) in [7, 11) is 1.97. The second-order valence-electron chi connectivity index (χ2n) is 13.1. The minimum Gasteiger partial charge on any atom is -0.467 e. The topological polar surface area (TPSA) is 141 Å². The van der Waals surface area contributed by atoms with Gasteiger partial charge in [-0.05, 0) is 54.9 Å². The number of fused-ring (bicyclic) bond motifs is 1. The van der Waals surface area contributed by atoms with Crippen LogP contribution >= 0.6 is 11.8 Å². The standard InChI is InChI=1S/C32H38F2N6O6SSi/c1-31(25-15-32(25,28(41)40(2)3)47-30(39-31)46-29(42)38-19-43-11-12-48(4,5)6)21-13-20(7-8-22(21)33)14-23(34)24-16-37-26(17-36-24)45-18-27-35-9-10-44-27/h7-10,13-14,16-17,25H,11-12,15,18-19H2,1-6H3,(H,38,42)/b23-14-/t25-,31+,32-/m0/s1. The van der Waals surface area contributed by atoms with Crippen LogP contribution in [0.25, 0.3) is 11.9 Å². The van der Waals surface area contributed by atoms with Gasteiger partial charge in [0.05, 0.1) is 24.1 Å². The van der Waals surface area contributed by atoms with Crippen LogP contribution in [0.2, 0.25) is 25.7 Å². The number of alkyl carbamates (subject to hydrolysis) is 1. The summed E-state index contributed by atoms with van der Waals surface area (Å²) in [6, 6.07) is 5.04. The largest absolute Gasteiger partial charge is 0.467 e. The van der Waals surface area contributed by atoms with Crippen molar-refractivity contribution >= 4 is 49.0 Å². The number of hydrogen-bond acceptors (Lipinski definition) is 11. The Labute approximate surface area is 282 Å². The van der Waals surface area contributed by atoms with Gasteiger partial charge in [-0.3, -0.25) is 10.1 Å². The number of carbonyl (C=O) groups excluding carboxylic acids is 2. The van der Waals surface area contributed by atoms with Gasteiger partial charge in [0.2, 0.25) is 17.7 Å². The number of thioether (sulfide) groups is 1. The average molecular weight is 701 g/mol. The van der Waals surface area contributed by atoms with E-state index in [0.717, 1.165) is 17.8 Å². The van der Waals surface area contributed by atoms with Gasteiger partial charge in [-0.2, -0.15) is 0 Å². The molecule has 16 heteroatoms. The molecule has 5 rings (SSSR count). The molecular formula is C32H38F2N6O6SSi. The number of hydrogen-bond donors (Lipinski definition) is 1. The van der Waals surface area contributed by atoms with Gasteiger partial charge in [0.15, 0.2) is 12.4 Å². The van der Waals surface area contributed by atoms with E-state index in [1.807, 2.05) is 0 Å². The molecule has 0 saturated heterocycles. The molecule has 1 saturated carbocycles. The maximum Gasteiger partial charge on any atom is 0.416 e. The second-order valence-corrected chi connectivity index (χ2v) is 20.0. The lowest BCUT2D eigenvalue weighted by Gasteiger charge is -2.34. The Bertz CT molecular complexity index is 1700. The number of nitrogens with zero attached hydrogens (tertiary/aromatic N) is 5. The van der Waals surface area contributed by atoms with E-state index in [1.165, 1.54) is 54.0 Å². The Balaban J connectivity index is 1.35. The number of carbonyl (C=O) groups is 2. The van der Waals surface area contributed by atoms with E-state index >= 15 is 8.78 Å². The Hall–Kier alpha value is -4.15. The van der Waals surface area contributed by atoms with Crippen LogP contribution in [0.15, 0.2) is 52.5 Å². The van der Waals surface area contributed by atoms with E-state index in [-0.39, 0.29) is 41.6 Å². The van der Waals surface area contributed by atoms with Gasteiger partial charge in [-0.25, -0.2) is 33.5 Å². The first-order valence-electron chi connectivity index (χ1n) is 15.2. The highest BCUT2D eigenvalue weighted by atomic mass is 32.2. The summed E-state index contributed by atoms with van der Waals surface area (Å²) in [6.07, 6.45) is 6.14. The molecule has 0 unspecified atom stereocenters. The molecule has 2 aromatic heterocycles. The Morgan fingerprint density at radius 3 is 2.67 bits per heavy atom. The molecule has 256 valence electrons. The number of amides is 2. The minimum absolute atomic E-state index is 0.0323. The summed E-state index contributed by atoms with van der Waals surface area (Å²) in [5.41, 5.74) is -0.927. The van der Waals surface area contributed by atoms with Gasteiger partial charge >= 0.3 is 6.09 Å². The zero-order valence-electron chi connectivity index (χ0n) is 27.6. The van der Waals surface area contributed by atoms with E-state index in [9.17, 15) is 9.59 Å². The zero-order valence-corrected chi connectivity index (χ0v) is 29.4. The Morgan fingerprint density at radius 1 is 1.21 bits per heavy atom. The third kappa shape index (κ3) is 8.10. The van der Waals surface area contributed by atoms with Crippen LogP contribution in [0.3, 0.4) is 0 Å². The van der Waals surface area contributed by atoms with Crippen molar-refractivity contribution in [1.29, 1.82) is 0 Å². The molecule has 3 aromatic rings. The number of ether oxygens (including phenoxy) is 3. The fraction of sp³-hybridized carbons (Fsp3) is 0.438. The molecule has 3 heterocycles. The number of aliphatic imine (C=N–C) groups is 1. The first-order chi connectivity index (χ1) is 22.7. The van der Waals surface area contributed by atoms with Crippen molar-refractivity contribution < 1.29 is 37.0 Å². The zero-order chi connectivity index (χ0) is 34.7. The molecule has 1 fully saturated rings. The van der Waals surface area contributed by atoms with Crippen molar-refractivity contribution in [3.05, 3.63) is 71.6 Å². The number of rotatable bonds is 12. The number of halogens is 2. The quantitative estimate of drug-likeness (QED) is 0.139. The van der Waals surface area contributed by atoms with Gasteiger partial charge in [0, 0.05) is 40.3 Å². The molecule has 1 aliphatic heterocycles. The molecular weight excluding hydrogens is 663 g/mol. The predicted octanol–water partition coefficient (Wildman–Crippen LogP) is 5.85. The Kier molecular flexibility index (Phi) is 10.4. The third-order valence-electron chi connectivity index (χ3n) is 7.97. The van der Waals surface area contributed by atoms with Crippen LogP contribution in [0, 0.1) is 11.7 Å². The fourth-order valence-electron chi connectivity index (χ4n) is 5.30. The van der Waals surface area contributed by atoms with Crippen LogP contribution in [0.5, 0.6) is 5.88 Å². The molecule has 0 radical (unpaired) electrons. The lowest BCUT2D eigenvalue weighted by atomic mass is 9.84. The summed E-state index contributed by atoms with van der Waals surface area (Å²) < 4.78 is 51.5. The normalized spacial score (nSPS) is 22.0. The first-order valence-corrected chi connectivity index (χ1v) is 19.8. The van der Waals surface area contributed by atoms with Gasteiger partial charge in [-0.1, -0.05) is 25.7 Å². The van der Waals surface area contributed by atoms with E-state index in [1.54, 1.807) is 21.0 Å².